The summed E-state index contributed by atoms with van der Waals surface area (Å²) in [7, 11) is 1.59. The van der Waals surface area contributed by atoms with Gasteiger partial charge in [-0.05, 0) is 78.2 Å². The molecule has 1 aliphatic heterocycles. The van der Waals surface area contributed by atoms with Crippen LogP contribution in [0.25, 0.3) is 6.08 Å². The van der Waals surface area contributed by atoms with Gasteiger partial charge in [-0.1, -0.05) is 83.1 Å². The molecule has 6 rings (SSSR count). The van der Waals surface area contributed by atoms with E-state index in [-0.39, 0.29) is 11.5 Å². The van der Waals surface area contributed by atoms with Crippen LogP contribution in [-0.4, -0.2) is 17.6 Å². The van der Waals surface area contributed by atoms with Crippen molar-refractivity contribution < 1.29 is 14.3 Å². The van der Waals surface area contributed by atoms with Crippen molar-refractivity contribution in [2.45, 2.75) is 19.6 Å². The molecular formula is C35H27Cl2N3O4S. The Hall–Kier alpha value is -4.63. The van der Waals surface area contributed by atoms with E-state index in [4.69, 9.17) is 37.7 Å². The highest BCUT2D eigenvalue weighted by atomic mass is 35.5. The molecule has 0 saturated heterocycles. The number of aromatic nitrogens is 1. The van der Waals surface area contributed by atoms with Gasteiger partial charge in [-0.25, -0.2) is 4.99 Å². The van der Waals surface area contributed by atoms with Gasteiger partial charge in [0.15, 0.2) is 4.80 Å². The number of methoxy groups -OCH3 is 1. The van der Waals surface area contributed by atoms with Crippen molar-refractivity contribution in [3.05, 3.63) is 155 Å². The summed E-state index contributed by atoms with van der Waals surface area (Å²) >= 11 is 13.4. The fourth-order valence-electron chi connectivity index (χ4n) is 5.07. The summed E-state index contributed by atoms with van der Waals surface area (Å²) in [5, 5.41) is 3.92. The Labute approximate surface area is 273 Å². The van der Waals surface area contributed by atoms with Crippen LogP contribution in [0.4, 0.5) is 5.69 Å². The summed E-state index contributed by atoms with van der Waals surface area (Å²) in [6.45, 7) is 2.10. The third-order valence-corrected chi connectivity index (χ3v) is 9.00. The Morgan fingerprint density at radius 3 is 2.47 bits per heavy atom. The molecule has 1 amide bonds. The van der Waals surface area contributed by atoms with Crippen LogP contribution in [-0.2, 0) is 11.4 Å². The zero-order valence-electron chi connectivity index (χ0n) is 24.3. The minimum Gasteiger partial charge on any atom is -0.497 e. The summed E-state index contributed by atoms with van der Waals surface area (Å²) < 4.78 is 13.4. The number of allylic oxidation sites excluding steroid dienone is 1. The molecule has 1 aliphatic rings. The van der Waals surface area contributed by atoms with Gasteiger partial charge in [0.25, 0.3) is 11.5 Å². The van der Waals surface area contributed by atoms with Crippen LogP contribution in [0.2, 0.25) is 10.0 Å². The molecule has 10 heteroatoms. The lowest BCUT2D eigenvalue weighted by atomic mass is 9.95. The van der Waals surface area contributed by atoms with E-state index in [1.165, 1.54) is 11.3 Å². The molecule has 0 spiro atoms. The Morgan fingerprint density at radius 1 is 0.956 bits per heavy atom. The number of para-hydroxylation sites is 1. The van der Waals surface area contributed by atoms with Gasteiger partial charge >= 0.3 is 0 Å². The van der Waals surface area contributed by atoms with Crippen molar-refractivity contribution in [1.82, 2.24) is 4.57 Å². The summed E-state index contributed by atoms with van der Waals surface area (Å²) in [5.74, 6) is 0.974. The van der Waals surface area contributed by atoms with E-state index in [0.29, 0.717) is 54.4 Å². The van der Waals surface area contributed by atoms with E-state index < -0.39 is 6.04 Å². The van der Waals surface area contributed by atoms with Gasteiger partial charge in [-0.2, -0.15) is 0 Å². The van der Waals surface area contributed by atoms with Crippen LogP contribution in [0, 0.1) is 0 Å². The first-order valence-electron chi connectivity index (χ1n) is 14.0. The van der Waals surface area contributed by atoms with Gasteiger partial charge in [0, 0.05) is 5.69 Å². The fourth-order valence-corrected chi connectivity index (χ4v) is 6.44. The van der Waals surface area contributed by atoms with Gasteiger partial charge in [0.1, 0.15) is 18.1 Å². The number of ether oxygens (including phenoxy) is 2. The first-order valence-corrected chi connectivity index (χ1v) is 15.6. The number of halogens is 2. The second kappa shape index (κ2) is 13.2. The lowest BCUT2D eigenvalue weighted by Gasteiger charge is -2.25. The van der Waals surface area contributed by atoms with Crippen LogP contribution < -0.4 is 29.7 Å². The Morgan fingerprint density at radius 2 is 1.73 bits per heavy atom. The number of fused-ring (bicyclic) bond motifs is 1. The van der Waals surface area contributed by atoms with Gasteiger partial charge in [-0.15, -0.1) is 0 Å². The topological polar surface area (TPSA) is 81.9 Å². The van der Waals surface area contributed by atoms with E-state index in [1.54, 1.807) is 30.7 Å². The summed E-state index contributed by atoms with van der Waals surface area (Å²) in [5.41, 5.74) is 3.74. The highest BCUT2D eigenvalue weighted by molar-refractivity contribution is 7.07. The van der Waals surface area contributed by atoms with E-state index in [2.05, 4.69) is 5.32 Å². The minimum absolute atomic E-state index is 0.251. The Bertz CT molecular complexity index is 2110. The number of carbonyl (C=O) groups is 1. The molecule has 1 aromatic heterocycles. The maximum Gasteiger partial charge on any atom is 0.271 e. The zero-order valence-corrected chi connectivity index (χ0v) is 26.6. The lowest BCUT2D eigenvalue weighted by Crippen LogP contribution is -2.40. The molecular weight excluding hydrogens is 629 g/mol. The second-order valence-corrected chi connectivity index (χ2v) is 12.1. The quantitative estimate of drug-likeness (QED) is 0.200. The molecule has 0 aliphatic carbocycles. The molecule has 1 atom stereocenters. The number of hydrogen-bond donors (Lipinski definition) is 1. The molecule has 0 radical (unpaired) electrons. The van der Waals surface area contributed by atoms with Gasteiger partial charge < -0.3 is 14.8 Å². The molecule has 0 saturated carbocycles. The van der Waals surface area contributed by atoms with Gasteiger partial charge in [-0.3, -0.25) is 14.2 Å². The maximum atomic E-state index is 14.1. The highest BCUT2D eigenvalue weighted by Crippen LogP contribution is 2.32. The van der Waals surface area contributed by atoms with Crippen molar-refractivity contribution >= 4 is 52.2 Å². The molecule has 1 N–H and O–H groups in total. The first-order chi connectivity index (χ1) is 21.8. The molecule has 4 aromatic carbocycles. The number of carbonyl (C=O) groups excluding carboxylic acids is 1. The van der Waals surface area contributed by atoms with Crippen molar-refractivity contribution in [2.75, 3.05) is 12.4 Å². The van der Waals surface area contributed by atoms with Gasteiger partial charge in [0.2, 0.25) is 0 Å². The first kappa shape index (κ1) is 30.4. The maximum absolute atomic E-state index is 14.1. The molecule has 7 nitrogen and oxygen atoms in total. The van der Waals surface area contributed by atoms with E-state index in [0.717, 1.165) is 16.7 Å². The number of rotatable bonds is 8. The molecule has 2 heterocycles. The average molecular weight is 657 g/mol. The number of thiazole rings is 1. The Balaban J connectivity index is 1.37. The molecule has 5 aromatic rings. The molecule has 0 fully saturated rings. The number of nitrogens with zero attached hydrogens (tertiary/aromatic N) is 2. The third kappa shape index (κ3) is 6.59. The number of anilines is 1. The van der Waals surface area contributed by atoms with Crippen LogP contribution in [0.3, 0.4) is 0 Å². The standard InChI is InChI=1S/C35H27Cl2N3O4S/c1-21-31(33(41)39-25-8-4-3-5-9-25)32(24-12-14-26(43-2)15-13-24)40-34(42)30(45-35(40)38-21)19-22-7-6-10-27(17-22)44-20-23-11-16-28(36)29(37)18-23/h3-19,32H,20H2,1-2H3,(H,39,41)/b30-19+/t32-/m1/s1. The lowest BCUT2D eigenvalue weighted by molar-refractivity contribution is -0.113. The zero-order chi connectivity index (χ0) is 31.5. The fraction of sp³-hybridized carbons (Fsp3) is 0.114. The molecule has 0 unspecified atom stereocenters. The number of hydrogen-bond acceptors (Lipinski definition) is 6. The predicted molar refractivity (Wildman–Crippen MR) is 179 cm³/mol. The minimum atomic E-state index is -0.695. The third-order valence-electron chi connectivity index (χ3n) is 7.27. The van der Waals surface area contributed by atoms with Crippen molar-refractivity contribution in [3.63, 3.8) is 0 Å². The smallest absolute Gasteiger partial charge is 0.271 e. The number of amides is 1. The van der Waals surface area contributed by atoms with E-state index in [1.807, 2.05) is 91.0 Å². The Kier molecular flexibility index (Phi) is 8.89. The van der Waals surface area contributed by atoms with E-state index >= 15 is 0 Å². The molecule has 226 valence electrons. The predicted octanol–water partition coefficient (Wildman–Crippen LogP) is 6.77. The summed E-state index contributed by atoms with van der Waals surface area (Å²) in [4.78, 5) is 33.0. The van der Waals surface area contributed by atoms with Crippen molar-refractivity contribution in [3.8, 4) is 11.5 Å². The van der Waals surface area contributed by atoms with Crippen LogP contribution in [0.1, 0.15) is 29.7 Å². The second-order valence-electron chi connectivity index (χ2n) is 10.3. The van der Waals surface area contributed by atoms with Crippen LogP contribution in [0.5, 0.6) is 11.5 Å². The molecule has 0 bridgehead atoms. The summed E-state index contributed by atoms with van der Waals surface area (Å²) in [6, 6.07) is 28.7. The van der Waals surface area contributed by atoms with Crippen LogP contribution >= 0.6 is 34.5 Å². The normalized spacial score (nSPS) is 14.5. The number of benzene rings is 4. The van der Waals surface area contributed by atoms with E-state index in [9.17, 15) is 9.59 Å². The van der Waals surface area contributed by atoms with Crippen molar-refractivity contribution in [2.24, 2.45) is 4.99 Å². The highest BCUT2D eigenvalue weighted by Gasteiger charge is 2.32. The molecule has 45 heavy (non-hydrogen) atoms. The SMILES string of the molecule is COc1ccc([C@@H]2C(C(=O)Nc3ccccc3)=C(C)N=c3s/c(=C/c4cccc(OCc5ccc(Cl)c(Cl)c5)c4)c(=O)n32)cc1. The monoisotopic (exact) mass is 655 g/mol. The van der Waals surface area contributed by atoms with Gasteiger partial charge in [0.05, 0.1) is 39.0 Å². The van der Waals surface area contributed by atoms with Crippen molar-refractivity contribution in [1.29, 1.82) is 0 Å². The summed E-state index contributed by atoms with van der Waals surface area (Å²) in [6.07, 6.45) is 1.81. The number of nitrogens with one attached hydrogen (secondary N) is 1. The largest absolute Gasteiger partial charge is 0.497 e. The average Bonchev–Trinajstić information content (AvgIpc) is 3.35. The van der Waals surface area contributed by atoms with Crippen LogP contribution in [0.15, 0.2) is 118 Å².